The minimum absolute atomic E-state index is 0.268. The lowest BCUT2D eigenvalue weighted by atomic mass is 9.80. The molecular formula is C15H33NOS. The van der Waals surface area contributed by atoms with Crippen molar-refractivity contribution in [1.82, 2.24) is 4.90 Å². The monoisotopic (exact) mass is 275 g/mol. The second kappa shape index (κ2) is 11.1. The first-order chi connectivity index (χ1) is 8.67. The number of aliphatic hydroxyl groups excluding tert-OH is 1. The molecule has 0 saturated heterocycles. The van der Waals surface area contributed by atoms with E-state index in [0.717, 1.165) is 25.4 Å². The molecule has 0 radical (unpaired) electrons. The molecule has 3 heteroatoms. The molecule has 0 atom stereocenters. The van der Waals surface area contributed by atoms with Gasteiger partial charge in [0.05, 0.1) is 6.61 Å². The lowest BCUT2D eigenvalue weighted by molar-refractivity contribution is 0.121. The molecule has 18 heavy (non-hydrogen) atoms. The number of thiol groups is 1. The van der Waals surface area contributed by atoms with Gasteiger partial charge in [0, 0.05) is 13.1 Å². The van der Waals surface area contributed by atoms with Crippen LogP contribution < -0.4 is 0 Å². The number of rotatable bonds is 12. The van der Waals surface area contributed by atoms with E-state index in [2.05, 4.69) is 38.3 Å². The first kappa shape index (κ1) is 18.3. The third-order valence-electron chi connectivity index (χ3n) is 3.70. The molecular weight excluding hydrogens is 242 g/mol. The molecule has 0 bridgehead atoms. The minimum atomic E-state index is 0.268. The maximum Gasteiger partial charge on any atom is 0.0558 e. The van der Waals surface area contributed by atoms with Gasteiger partial charge in [0.1, 0.15) is 0 Å². The van der Waals surface area contributed by atoms with Crippen molar-refractivity contribution in [2.75, 3.05) is 32.0 Å². The molecule has 0 spiro atoms. The van der Waals surface area contributed by atoms with Gasteiger partial charge < -0.3 is 10.0 Å². The van der Waals surface area contributed by atoms with Crippen LogP contribution in [0.1, 0.15) is 59.3 Å². The van der Waals surface area contributed by atoms with Gasteiger partial charge in [-0.25, -0.2) is 0 Å². The first-order valence-electron chi connectivity index (χ1n) is 7.62. The summed E-state index contributed by atoms with van der Waals surface area (Å²) in [5, 5.41) is 9.20. The third kappa shape index (κ3) is 7.01. The lowest BCUT2D eigenvalue weighted by Gasteiger charge is -2.37. The van der Waals surface area contributed by atoms with Crippen molar-refractivity contribution < 1.29 is 5.11 Å². The van der Waals surface area contributed by atoms with Crippen molar-refractivity contribution >= 4 is 12.6 Å². The summed E-state index contributed by atoms with van der Waals surface area (Å²) in [6.45, 7) is 10.0. The van der Waals surface area contributed by atoms with Crippen LogP contribution in [0, 0.1) is 5.41 Å². The molecule has 0 heterocycles. The van der Waals surface area contributed by atoms with Crippen molar-refractivity contribution in [2.45, 2.75) is 59.3 Å². The van der Waals surface area contributed by atoms with E-state index in [9.17, 15) is 5.11 Å². The molecule has 2 nitrogen and oxygen atoms in total. The summed E-state index contributed by atoms with van der Waals surface area (Å²) in [5.74, 6) is 0.961. The van der Waals surface area contributed by atoms with Crippen LogP contribution in [0.5, 0.6) is 0 Å². The highest BCUT2D eigenvalue weighted by Gasteiger charge is 2.29. The Labute approximate surface area is 120 Å². The van der Waals surface area contributed by atoms with Gasteiger partial charge in [-0.2, -0.15) is 12.6 Å². The Balaban J connectivity index is 4.54. The second-order valence-corrected chi connectivity index (χ2v) is 5.83. The zero-order chi connectivity index (χ0) is 13.9. The second-order valence-electron chi connectivity index (χ2n) is 5.51. The standard InChI is InChI=1S/C15H33NOS/c1-4-7-10-16(11-12-17)13-15(14-18,8-5-2)9-6-3/h17-18H,4-14H2,1-3H3. The van der Waals surface area contributed by atoms with Crippen molar-refractivity contribution in [3.8, 4) is 0 Å². The highest BCUT2D eigenvalue weighted by Crippen LogP contribution is 2.32. The molecule has 0 aromatic carbocycles. The fourth-order valence-electron chi connectivity index (χ4n) is 2.82. The molecule has 0 unspecified atom stereocenters. The van der Waals surface area contributed by atoms with Crippen LogP contribution in [-0.2, 0) is 0 Å². The lowest BCUT2D eigenvalue weighted by Crippen LogP contribution is -2.41. The molecule has 1 N–H and O–H groups in total. The fraction of sp³-hybridized carbons (Fsp3) is 1.00. The summed E-state index contributed by atoms with van der Waals surface area (Å²) >= 11 is 4.61. The van der Waals surface area contributed by atoms with Crippen molar-refractivity contribution in [3.05, 3.63) is 0 Å². The molecule has 0 aliphatic heterocycles. The van der Waals surface area contributed by atoms with E-state index in [-0.39, 0.29) is 6.61 Å². The largest absolute Gasteiger partial charge is 0.395 e. The summed E-state index contributed by atoms with van der Waals surface area (Å²) in [7, 11) is 0. The summed E-state index contributed by atoms with van der Waals surface area (Å²) in [5.41, 5.74) is 0.343. The molecule has 0 aliphatic rings. The maximum atomic E-state index is 9.20. The molecule has 0 aliphatic carbocycles. The molecule has 110 valence electrons. The normalized spacial score (nSPS) is 12.3. The van der Waals surface area contributed by atoms with Crippen molar-refractivity contribution in [1.29, 1.82) is 0 Å². The highest BCUT2D eigenvalue weighted by atomic mass is 32.1. The molecule has 0 aromatic rings. The van der Waals surface area contributed by atoms with Gasteiger partial charge >= 0.3 is 0 Å². The average Bonchev–Trinajstić information content (AvgIpc) is 2.36. The smallest absolute Gasteiger partial charge is 0.0558 e. The van der Waals surface area contributed by atoms with Gasteiger partial charge in [0.25, 0.3) is 0 Å². The summed E-state index contributed by atoms with van der Waals surface area (Å²) in [6.07, 6.45) is 7.39. The van der Waals surface area contributed by atoms with Crippen LogP contribution in [-0.4, -0.2) is 42.0 Å². The Morgan fingerprint density at radius 1 is 1.00 bits per heavy atom. The van der Waals surface area contributed by atoms with Crippen molar-refractivity contribution in [2.24, 2.45) is 5.41 Å². The molecule has 0 aromatic heterocycles. The van der Waals surface area contributed by atoms with E-state index < -0.39 is 0 Å². The van der Waals surface area contributed by atoms with E-state index in [1.807, 2.05) is 0 Å². The van der Waals surface area contributed by atoms with Gasteiger partial charge in [-0.3, -0.25) is 0 Å². The molecule has 0 amide bonds. The average molecular weight is 276 g/mol. The summed E-state index contributed by atoms with van der Waals surface area (Å²) in [6, 6.07) is 0. The zero-order valence-electron chi connectivity index (χ0n) is 12.6. The Hall–Kier alpha value is 0.270. The van der Waals surface area contributed by atoms with E-state index in [0.29, 0.717) is 5.41 Å². The number of aliphatic hydroxyl groups is 1. The summed E-state index contributed by atoms with van der Waals surface area (Å²) in [4.78, 5) is 2.44. The maximum absolute atomic E-state index is 9.20. The van der Waals surface area contributed by atoms with Gasteiger partial charge in [-0.05, 0) is 37.0 Å². The zero-order valence-corrected chi connectivity index (χ0v) is 13.5. The van der Waals surface area contributed by atoms with Crippen molar-refractivity contribution in [3.63, 3.8) is 0 Å². The van der Waals surface area contributed by atoms with E-state index in [1.165, 1.54) is 38.5 Å². The minimum Gasteiger partial charge on any atom is -0.395 e. The summed E-state index contributed by atoms with van der Waals surface area (Å²) < 4.78 is 0. The Morgan fingerprint density at radius 3 is 2.00 bits per heavy atom. The third-order valence-corrected chi connectivity index (χ3v) is 4.37. The van der Waals surface area contributed by atoms with Gasteiger partial charge in [-0.1, -0.05) is 40.0 Å². The van der Waals surface area contributed by atoms with Gasteiger partial charge in [0.15, 0.2) is 0 Å². The SMILES string of the molecule is CCCCN(CCO)CC(CS)(CCC)CCC. The van der Waals surface area contributed by atoms with Crippen LogP contribution in [0.3, 0.4) is 0 Å². The first-order valence-corrected chi connectivity index (χ1v) is 8.25. The van der Waals surface area contributed by atoms with Crippen LogP contribution in [0.4, 0.5) is 0 Å². The predicted octanol–water partition coefficient (Wildman–Crippen LogP) is 3.60. The Morgan fingerprint density at radius 2 is 1.61 bits per heavy atom. The topological polar surface area (TPSA) is 23.5 Å². The Bertz CT molecular complexity index is 181. The number of unbranched alkanes of at least 4 members (excludes halogenated alkanes) is 1. The Kier molecular flexibility index (Phi) is 11.3. The number of nitrogens with zero attached hydrogens (tertiary/aromatic N) is 1. The highest BCUT2D eigenvalue weighted by molar-refractivity contribution is 7.80. The van der Waals surface area contributed by atoms with E-state index in [1.54, 1.807) is 0 Å². The molecule has 0 fully saturated rings. The molecule has 0 rings (SSSR count). The molecule has 0 saturated carbocycles. The number of hydrogen-bond donors (Lipinski definition) is 2. The fourth-order valence-corrected chi connectivity index (χ4v) is 3.24. The van der Waals surface area contributed by atoms with Crippen LogP contribution in [0.15, 0.2) is 0 Å². The number of hydrogen-bond acceptors (Lipinski definition) is 3. The van der Waals surface area contributed by atoms with Gasteiger partial charge in [-0.15, -0.1) is 0 Å². The quantitative estimate of drug-likeness (QED) is 0.532. The van der Waals surface area contributed by atoms with Gasteiger partial charge in [0.2, 0.25) is 0 Å². The van der Waals surface area contributed by atoms with Crippen LogP contribution >= 0.6 is 12.6 Å². The van der Waals surface area contributed by atoms with E-state index in [4.69, 9.17) is 0 Å². The van der Waals surface area contributed by atoms with Crippen LogP contribution in [0.25, 0.3) is 0 Å². The predicted molar refractivity (Wildman–Crippen MR) is 84.5 cm³/mol. The van der Waals surface area contributed by atoms with Crippen LogP contribution in [0.2, 0.25) is 0 Å². The van der Waals surface area contributed by atoms with E-state index >= 15 is 0 Å².